The molecule has 1 saturated carbocycles. The van der Waals surface area contributed by atoms with Crippen LogP contribution in [0.25, 0.3) is 0 Å². The Morgan fingerprint density at radius 3 is 2.50 bits per heavy atom. The average Bonchev–Trinajstić information content (AvgIpc) is 2.07. The van der Waals surface area contributed by atoms with Crippen molar-refractivity contribution in [1.29, 1.82) is 0 Å². The summed E-state index contributed by atoms with van der Waals surface area (Å²) < 4.78 is 0. The van der Waals surface area contributed by atoms with Crippen molar-refractivity contribution in [3.63, 3.8) is 0 Å². The molecule has 0 aromatic carbocycles. The lowest BCUT2D eigenvalue weighted by Gasteiger charge is -2.47. The van der Waals surface area contributed by atoms with Gasteiger partial charge in [0, 0.05) is 12.1 Å². The number of hydrogen-bond donors (Lipinski definition) is 1. The molecule has 0 bridgehead atoms. The summed E-state index contributed by atoms with van der Waals surface area (Å²) in [4.78, 5) is 2.38. The van der Waals surface area contributed by atoms with Gasteiger partial charge in [0.2, 0.25) is 0 Å². The summed E-state index contributed by atoms with van der Waals surface area (Å²) >= 11 is 0. The minimum absolute atomic E-state index is 0.448. The lowest BCUT2D eigenvalue weighted by molar-refractivity contribution is 0.0770. The summed E-state index contributed by atoms with van der Waals surface area (Å²) in [6.07, 6.45) is 4.07. The fourth-order valence-corrected chi connectivity index (χ4v) is 2.80. The van der Waals surface area contributed by atoms with E-state index < -0.39 is 0 Å². The predicted octanol–water partition coefficient (Wildman–Crippen LogP) is 2.10. The first-order chi connectivity index (χ1) is 6.49. The molecule has 1 rings (SSSR count). The van der Waals surface area contributed by atoms with Crippen molar-refractivity contribution >= 4 is 0 Å². The van der Waals surface area contributed by atoms with Crippen LogP contribution in [0.5, 0.6) is 0 Å². The molecular weight excluding hydrogens is 172 g/mol. The van der Waals surface area contributed by atoms with Crippen LogP contribution in [-0.4, -0.2) is 37.6 Å². The Labute approximate surface area is 89.1 Å². The number of nitrogens with zero attached hydrogens (tertiary/aromatic N) is 1. The van der Waals surface area contributed by atoms with Gasteiger partial charge in [-0.25, -0.2) is 0 Å². The molecule has 84 valence electrons. The quantitative estimate of drug-likeness (QED) is 0.747. The van der Waals surface area contributed by atoms with Crippen molar-refractivity contribution in [2.45, 2.75) is 52.1 Å². The Morgan fingerprint density at radius 2 is 2.00 bits per heavy atom. The second kappa shape index (κ2) is 4.63. The average molecular weight is 198 g/mol. The van der Waals surface area contributed by atoms with Crippen LogP contribution in [0.2, 0.25) is 0 Å². The highest BCUT2D eigenvalue weighted by atomic mass is 15.1. The predicted molar refractivity (Wildman–Crippen MR) is 62.6 cm³/mol. The minimum Gasteiger partial charge on any atom is -0.312 e. The van der Waals surface area contributed by atoms with Gasteiger partial charge < -0.3 is 10.2 Å². The van der Waals surface area contributed by atoms with Gasteiger partial charge in [0.25, 0.3) is 0 Å². The fourth-order valence-electron chi connectivity index (χ4n) is 2.80. The maximum atomic E-state index is 3.66. The van der Waals surface area contributed by atoms with Crippen LogP contribution in [0.1, 0.15) is 40.0 Å². The molecule has 1 aliphatic rings. The van der Waals surface area contributed by atoms with Gasteiger partial charge in [-0.05, 0) is 38.9 Å². The van der Waals surface area contributed by atoms with E-state index in [0.29, 0.717) is 17.5 Å². The lowest BCUT2D eigenvalue weighted by atomic mass is 9.70. The van der Waals surface area contributed by atoms with E-state index in [2.05, 4.69) is 45.1 Å². The van der Waals surface area contributed by atoms with Crippen molar-refractivity contribution in [3.05, 3.63) is 0 Å². The van der Waals surface area contributed by atoms with Crippen LogP contribution in [0.4, 0.5) is 0 Å². The minimum atomic E-state index is 0.448. The Balaban J connectivity index is 2.73. The van der Waals surface area contributed by atoms with Gasteiger partial charge in [0.1, 0.15) is 0 Å². The molecule has 0 aromatic rings. The topological polar surface area (TPSA) is 15.3 Å². The van der Waals surface area contributed by atoms with E-state index in [0.717, 1.165) is 6.54 Å². The molecule has 0 aliphatic heterocycles. The molecule has 14 heavy (non-hydrogen) atoms. The summed E-state index contributed by atoms with van der Waals surface area (Å²) in [5.41, 5.74) is 0.448. The highest BCUT2D eigenvalue weighted by molar-refractivity contribution is 4.96. The molecular formula is C12H26N2. The third kappa shape index (κ3) is 2.48. The largest absolute Gasteiger partial charge is 0.312 e. The summed E-state index contributed by atoms with van der Waals surface area (Å²) in [6.45, 7) is 8.09. The van der Waals surface area contributed by atoms with Crippen molar-refractivity contribution < 1.29 is 0 Å². The maximum Gasteiger partial charge on any atom is 0.0274 e. The molecule has 0 amide bonds. The molecule has 1 N–H and O–H groups in total. The molecule has 1 aliphatic carbocycles. The molecule has 2 unspecified atom stereocenters. The van der Waals surface area contributed by atoms with Crippen LogP contribution >= 0.6 is 0 Å². The fraction of sp³-hybridized carbons (Fsp3) is 1.00. The maximum absolute atomic E-state index is 3.66. The van der Waals surface area contributed by atoms with Crippen LogP contribution in [0.3, 0.4) is 0 Å². The number of nitrogens with one attached hydrogen (secondary N) is 1. The lowest BCUT2D eigenvalue weighted by Crippen LogP contribution is -2.57. The van der Waals surface area contributed by atoms with Gasteiger partial charge in [0.15, 0.2) is 0 Å². The summed E-state index contributed by atoms with van der Waals surface area (Å²) in [5.74, 6) is 0. The van der Waals surface area contributed by atoms with Crippen molar-refractivity contribution in [3.8, 4) is 0 Å². The third-order valence-corrected chi connectivity index (χ3v) is 3.64. The van der Waals surface area contributed by atoms with Gasteiger partial charge in [-0.3, -0.25) is 0 Å². The van der Waals surface area contributed by atoms with Crippen LogP contribution < -0.4 is 5.32 Å². The highest BCUT2D eigenvalue weighted by Gasteiger charge is 2.39. The molecule has 0 aromatic heterocycles. The second-order valence-electron chi connectivity index (χ2n) is 5.45. The second-order valence-corrected chi connectivity index (χ2v) is 5.45. The van der Waals surface area contributed by atoms with Crippen molar-refractivity contribution in [1.82, 2.24) is 10.2 Å². The highest BCUT2D eigenvalue weighted by Crippen LogP contribution is 2.37. The van der Waals surface area contributed by atoms with Crippen molar-refractivity contribution in [2.75, 3.05) is 20.6 Å². The number of hydrogen-bond acceptors (Lipinski definition) is 2. The van der Waals surface area contributed by atoms with E-state index in [1.54, 1.807) is 0 Å². The zero-order valence-electron chi connectivity index (χ0n) is 10.4. The van der Waals surface area contributed by atoms with Gasteiger partial charge in [-0.15, -0.1) is 0 Å². The van der Waals surface area contributed by atoms with Gasteiger partial charge >= 0.3 is 0 Å². The SMILES string of the molecule is CCNC1C(N(C)C)CCCC1(C)C. The molecule has 2 heteroatoms. The van der Waals surface area contributed by atoms with Crippen molar-refractivity contribution in [2.24, 2.45) is 5.41 Å². The van der Waals surface area contributed by atoms with Gasteiger partial charge in [-0.1, -0.05) is 27.2 Å². The molecule has 0 heterocycles. The smallest absolute Gasteiger partial charge is 0.0274 e. The summed E-state index contributed by atoms with van der Waals surface area (Å²) in [7, 11) is 4.41. The van der Waals surface area contributed by atoms with Crippen LogP contribution in [0, 0.1) is 5.41 Å². The molecule has 2 atom stereocenters. The third-order valence-electron chi connectivity index (χ3n) is 3.64. The van der Waals surface area contributed by atoms with E-state index >= 15 is 0 Å². The van der Waals surface area contributed by atoms with E-state index in [4.69, 9.17) is 0 Å². The summed E-state index contributed by atoms with van der Waals surface area (Å²) in [5, 5.41) is 3.66. The Kier molecular flexibility index (Phi) is 3.96. The van der Waals surface area contributed by atoms with Crippen LogP contribution in [-0.2, 0) is 0 Å². The molecule has 2 nitrogen and oxygen atoms in total. The zero-order chi connectivity index (χ0) is 10.8. The molecule has 0 radical (unpaired) electrons. The first-order valence-corrected chi connectivity index (χ1v) is 5.89. The molecule has 0 spiro atoms. The number of likely N-dealkylation sites (N-methyl/N-ethyl adjacent to an activating group) is 2. The number of rotatable bonds is 3. The molecule has 1 fully saturated rings. The monoisotopic (exact) mass is 198 g/mol. The van der Waals surface area contributed by atoms with Crippen LogP contribution in [0.15, 0.2) is 0 Å². The standard InChI is InChI=1S/C12H26N2/c1-6-13-11-10(14(4)5)8-7-9-12(11,2)3/h10-11,13H,6-9H2,1-5H3. The summed E-state index contributed by atoms with van der Waals surface area (Å²) in [6, 6.07) is 1.36. The van der Waals surface area contributed by atoms with E-state index in [1.165, 1.54) is 19.3 Å². The Bertz CT molecular complexity index is 175. The molecule has 0 saturated heterocycles. The van der Waals surface area contributed by atoms with Gasteiger partial charge in [0.05, 0.1) is 0 Å². The van der Waals surface area contributed by atoms with E-state index in [-0.39, 0.29) is 0 Å². The zero-order valence-corrected chi connectivity index (χ0v) is 10.4. The normalized spacial score (nSPS) is 32.1. The Morgan fingerprint density at radius 1 is 1.36 bits per heavy atom. The van der Waals surface area contributed by atoms with E-state index in [9.17, 15) is 0 Å². The Hall–Kier alpha value is -0.0800. The van der Waals surface area contributed by atoms with Gasteiger partial charge in [-0.2, -0.15) is 0 Å². The first kappa shape index (κ1) is 12.0. The first-order valence-electron chi connectivity index (χ1n) is 5.89. The van der Waals surface area contributed by atoms with E-state index in [1.807, 2.05) is 0 Å².